The van der Waals surface area contributed by atoms with Crippen molar-refractivity contribution in [2.24, 2.45) is 17.8 Å². The van der Waals surface area contributed by atoms with Gasteiger partial charge in [0.1, 0.15) is 6.54 Å². The van der Waals surface area contributed by atoms with Crippen LogP contribution < -0.4 is 10.2 Å². The molecule has 1 aliphatic heterocycles. The predicted octanol–water partition coefficient (Wildman–Crippen LogP) is 6.27. The van der Waals surface area contributed by atoms with Gasteiger partial charge < -0.3 is 5.32 Å². The number of fused-ring (bicyclic) bond motifs is 6. The van der Waals surface area contributed by atoms with Gasteiger partial charge in [-0.15, -0.1) is 11.8 Å². The van der Waals surface area contributed by atoms with Gasteiger partial charge in [-0.3, -0.25) is 14.2 Å². The maximum atomic E-state index is 13.2. The molecule has 3 aromatic rings. The summed E-state index contributed by atoms with van der Waals surface area (Å²) >= 11 is 6.78. The molecule has 33 heavy (non-hydrogen) atoms. The Morgan fingerprint density at radius 1 is 1.15 bits per heavy atom. The van der Waals surface area contributed by atoms with Crippen molar-refractivity contribution in [2.75, 3.05) is 5.32 Å². The molecule has 2 saturated carbocycles. The number of nitrogens with zero attached hydrogens (tertiary/aromatic N) is 1. The van der Waals surface area contributed by atoms with Gasteiger partial charge in [0.2, 0.25) is 5.91 Å². The van der Waals surface area contributed by atoms with Crippen LogP contribution in [0.2, 0.25) is 0 Å². The number of aryl methyl sites for hydroxylation is 1. The topological polar surface area (TPSA) is 51.1 Å². The number of benzene rings is 2. The summed E-state index contributed by atoms with van der Waals surface area (Å²) in [6.07, 6.45) is 3.91. The highest BCUT2D eigenvalue weighted by molar-refractivity contribution is 9.10. The molecule has 2 bridgehead atoms. The van der Waals surface area contributed by atoms with E-state index >= 15 is 0 Å². The van der Waals surface area contributed by atoms with Crippen LogP contribution in [0.4, 0.5) is 5.69 Å². The van der Waals surface area contributed by atoms with Crippen molar-refractivity contribution in [3.05, 3.63) is 78.7 Å². The molecule has 2 fully saturated rings. The van der Waals surface area contributed by atoms with E-state index in [4.69, 9.17) is 0 Å². The highest BCUT2D eigenvalue weighted by Crippen LogP contribution is 2.64. The van der Waals surface area contributed by atoms with Crippen LogP contribution in [0.25, 0.3) is 0 Å². The van der Waals surface area contributed by atoms with Crippen LogP contribution in [-0.4, -0.2) is 15.7 Å². The van der Waals surface area contributed by atoms with E-state index in [1.165, 1.54) is 36.2 Å². The number of amides is 1. The number of halogens is 1. The van der Waals surface area contributed by atoms with Crippen molar-refractivity contribution in [3.8, 4) is 0 Å². The van der Waals surface area contributed by atoms with Crippen LogP contribution >= 0.6 is 39.0 Å². The van der Waals surface area contributed by atoms with E-state index in [-0.39, 0.29) is 23.2 Å². The summed E-state index contributed by atoms with van der Waals surface area (Å²) in [5.74, 6) is 2.13. The number of thioether (sulfide) groups is 1. The minimum Gasteiger partial charge on any atom is -0.325 e. The fourth-order valence-corrected chi connectivity index (χ4v) is 9.61. The quantitative estimate of drug-likeness (QED) is 0.424. The summed E-state index contributed by atoms with van der Waals surface area (Å²) in [5, 5.41) is 4.52. The Bertz CT molecular complexity index is 1280. The van der Waals surface area contributed by atoms with Gasteiger partial charge in [-0.1, -0.05) is 51.5 Å². The minimum atomic E-state index is -0.154. The first-order valence-electron chi connectivity index (χ1n) is 11.5. The first-order valence-corrected chi connectivity index (χ1v) is 14.0. The van der Waals surface area contributed by atoms with Crippen LogP contribution in [0.1, 0.15) is 41.2 Å². The molecule has 0 saturated heterocycles. The van der Waals surface area contributed by atoms with Gasteiger partial charge >= 0.3 is 4.87 Å². The molecule has 7 heteroatoms. The Kier molecular flexibility index (Phi) is 5.54. The van der Waals surface area contributed by atoms with Gasteiger partial charge in [0.25, 0.3) is 0 Å². The first kappa shape index (κ1) is 21.7. The maximum Gasteiger partial charge on any atom is 0.308 e. The Morgan fingerprint density at radius 3 is 2.73 bits per heavy atom. The molecule has 4 unspecified atom stereocenters. The Morgan fingerprint density at radius 2 is 1.94 bits per heavy atom. The van der Waals surface area contributed by atoms with Crippen LogP contribution in [0.15, 0.2) is 62.8 Å². The fourth-order valence-electron chi connectivity index (χ4n) is 6.20. The number of nitrogens with one attached hydrogen (secondary N) is 1. The van der Waals surface area contributed by atoms with Crippen molar-refractivity contribution in [1.82, 2.24) is 4.57 Å². The Hall–Kier alpha value is -1.83. The second-order valence-electron chi connectivity index (χ2n) is 9.56. The Balaban J connectivity index is 1.37. The fraction of sp³-hybridized carbons (Fsp3) is 0.385. The van der Waals surface area contributed by atoms with Crippen molar-refractivity contribution in [3.63, 3.8) is 0 Å². The molecule has 5 atom stereocenters. The van der Waals surface area contributed by atoms with E-state index in [0.717, 1.165) is 37.5 Å². The monoisotopic (exact) mass is 540 g/mol. The molecular formula is C26H25BrN2O2S2. The van der Waals surface area contributed by atoms with Gasteiger partial charge in [0, 0.05) is 26.2 Å². The summed E-state index contributed by atoms with van der Waals surface area (Å²) in [6, 6.07) is 16.4. The van der Waals surface area contributed by atoms with E-state index in [2.05, 4.69) is 45.5 Å². The summed E-state index contributed by atoms with van der Waals surface area (Å²) in [4.78, 5) is 27.2. The largest absolute Gasteiger partial charge is 0.325 e. The lowest BCUT2D eigenvalue weighted by Gasteiger charge is -2.40. The summed E-state index contributed by atoms with van der Waals surface area (Å²) < 4.78 is 2.80. The van der Waals surface area contributed by atoms with Crippen molar-refractivity contribution in [2.45, 2.75) is 48.9 Å². The van der Waals surface area contributed by atoms with Gasteiger partial charge in [-0.2, -0.15) is 0 Å². The molecule has 3 aliphatic rings. The SMILES string of the molecule is Cc1cccc(NC(=O)Cn2c3c(sc2=O)[C@@H](c2ccc(Br)cc2)C2C4CCC(C4)C2S3)c1. The van der Waals surface area contributed by atoms with Gasteiger partial charge in [-0.05, 0) is 79.3 Å². The molecule has 2 heterocycles. The average Bonchev–Trinajstić information content (AvgIpc) is 3.48. The number of rotatable bonds is 4. The molecule has 170 valence electrons. The number of thiazole rings is 1. The summed E-state index contributed by atoms with van der Waals surface area (Å²) in [6.45, 7) is 2.06. The Labute approximate surface area is 209 Å². The third kappa shape index (κ3) is 3.82. The van der Waals surface area contributed by atoms with Crippen LogP contribution in [0.3, 0.4) is 0 Å². The van der Waals surface area contributed by atoms with E-state index in [1.54, 1.807) is 4.57 Å². The lowest BCUT2D eigenvalue weighted by Crippen LogP contribution is -2.34. The van der Waals surface area contributed by atoms with Crippen molar-refractivity contribution < 1.29 is 4.79 Å². The van der Waals surface area contributed by atoms with E-state index in [0.29, 0.717) is 11.2 Å². The molecular weight excluding hydrogens is 516 g/mol. The van der Waals surface area contributed by atoms with Gasteiger partial charge in [-0.25, -0.2) is 0 Å². The normalized spacial score (nSPS) is 27.3. The molecule has 1 aromatic heterocycles. The molecule has 0 radical (unpaired) electrons. The maximum absolute atomic E-state index is 13.2. The highest BCUT2D eigenvalue weighted by Gasteiger charge is 2.55. The summed E-state index contributed by atoms with van der Waals surface area (Å²) in [5.41, 5.74) is 3.15. The lowest BCUT2D eigenvalue weighted by molar-refractivity contribution is -0.116. The minimum absolute atomic E-state index is 0.0266. The lowest BCUT2D eigenvalue weighted by atomic mass is 9.75. The van der Waals surface area contributed by atoms with E-state index < -0.39 is 0 Å². The number of hydrogen-bond acceptors (Lipinski definition) is 4. The van der Waals surface area contributed by atoms with Gasteiger partial charge in [0.15, 0.2) is 0 Å². The smallest absolute Gasteiger partial charge is 0.308 e. The third-order valence-electron chi connectivity index (χ3n) is 7.52. The zero-order chi connectivity index (χ0) is 22.7. The molecule has 1 amide bonds. The highest BCUT2D eigenvalue weighted by atomic mass is 79.9. The van der Waals surface area contributed by atoms with Crippen molar-refractivity contribution >= 4 is 50.6 Å². The molecule has 0 spiro atoms. The van der Waals surface area contributed by atoms with Crippen molar-refractivity contribution in [1.29, 1.82) is 0 Å². The zero-order valence-electron chi connectivity index (χ0n) is 18.3. The van der Waals surface area contributed by atoms with Crippen LogP contribution in [0.5, 0.6) is 0 Å². The molecule has 4 nitrogen and oxygen atoms in total. The average molecular weight is 542 g/mol. The first-order chi connectivity index (χ1) is 16.0. The standard InChI is InChI=1S/C26H25BrN2O2S2/c1-14-3-2-4-19(11-14)28-20(30)13-29-25-24(33-26(29)31)21(15-7-9-18(27)10-8-15)22-16-5-6-17(12-16)23(22)32-25/h2-4,7-11,16-17,21-23H,5-6,12-13H2,1H3,(H,28,30)/t16?,17?,21-,22?,23?/m0/s1. The second kappa shape index (κ2) is 8.43. The number of aromatic nitrogens is 1. The predicted molar refractivity (Wildman–Crippen MR) is 138 cm³/mol. The van der Waals surface area contributed by atoms with E-state index in [9.17, 15) is 9.59 Å². The molecule has 1 N–H and O–H groups in total. The number of anilines is 1. The van der Waals surface area contributed by atoms with E-state index in [1.807, 2.05) is 43.0 Å². The summed E-state index contributed by atoms with van der Waals surface area (Å²) in [7, 11) is 0. The number of carbonyl (C=O) groups is 1. The molecule has 2 aliphatic carbocycles. The molecule has 2 aromatic carbocycles. The second-order valence-corrected chi connectivity index (χ2v) is 12.6. The number of hydrogen-bond donors (Lipinski definition) is 1. The van der Waals surface area contributed by atoms with Crippen LogP contribution in [0, 0.1) is 24.7 Å². The van der Waals surface area contributed by atoms with Gasteiger partial charge in [0.05, 0.1) is 5.03 Å². The van der Waals surface area contributed by atoms with Crippen LogP contribution in [-0.2, 0) is 11.3 Å². The molecule has 6 rings (SSSR count). The third-order valence-corrected chi connectivity index (χ3v) is 10.9. The zero-order valence-corrected chi connectivity index (χ0v) is 21.5. The number of carbonyl (C=O) groups excluding carboxylic acids is 1.